The summed E-state index contributed by atoms with van der Waals surface area (Å²) in [6.07, 6.45) is 3.26. The molecule has 0 saturated carbocycles. The molecule has 0 aliphatic carbocycles. The predicted octanol–water partition coefficient (Wildman–Crippen LogP) is 1.71. The van der Waals surface area contributed by atoms with Crippen LogP contribution in [-0.2, 0) is 13.6 Å². The van der Waals surface area contributed by atoms with Crippen LogP contribution in [0.3, 0.4) is 0 Å². The molecule has 0 radical (unpaired) electrons. The number of nitrogens with zero attached hydrogens (tertiary/aromatic N) is 2. The van der Waals surface area contributed by atoms with Crippen molar-refractivity contribution in [2.75, 3.05) is 13.1 Å². The number of rotatable bonds is 2. The van der Waals surface area contributed by atoms with E-state index in [-0.39, 0.29) is 0 Å². The smallest absolute Gasteiger partial charge is 0.0523 e. The van der Waals surface area contributed by atoms with Crippen LogP contribution in [0, 0.1) is 0 Å². The van der Waals surface area contributed by atoms with Crippen LogP contribution in [0.1, 0.15) is 12.0 Å². The van der Waals surface area contributed by atoms with E-state index in [0.717, 1.165) is 26.1 Å². The fourth-order valence-electron chi connectivity index (χ4n) is 2.82. The Bertz CT molecular complexity index is 529. The molecule has 1 fully saturated rings. The summed E-state index contributed by atoms with van der Waals surface area (Å²) in [6.45, 7) is 3.17. The van der Waals surface area contributed by atoms with E-state index < -0.39 is 0 Å². The molecule has 1 aromatic heterocycles. The lowest BCUT2D eigenvalue weighted by atomic mass is 10.1. The normalized spacial score (nSPS) is 21.4. The van der Waals surface area contributed by atoms with Gasteiger partial charge in [0.05, 0.1) is 5.52 Å². The summed E-state index contributed by atoms with van der Waals surface area (Å²) in [6, 6.07) is 9.09. The molecule has 2 N–H and O–H groups in total. The summed E-state index contributed by atoms with van der Waals surface area (Å²) in [4.78, 5) is 2.45. The van der Waals surface area contributed by atoms with Gasteiger partial charge in [-0.05, 0) is 23.4 Å². The number of hydrogen-bond donors (Lipinski definition) is 1. The molecule has 1 aliphatic heterocycles. The molecule has 90 valence electrons. The van der Waals surface area contributed by atoms with E-state index in [1.54, 1.807) is 0 Å². The number of para-hydroxylation sites is 1. The Morgan fingerprint density at radius 1 is 1.35 bits per heavy atom. The lowest BCUT2D eigenvalue weighted by molar-refractivity contribution is 0.328. The van der Waals surface area contributed by atoms with Gasteiger partial charge in [0, 0.05) is 38.9 Å². The molecule has 1 atom stereocenters. The second-order valence-corrected chi connectivity index (χ2v) is 5.07. The summed E-state index contributed by atoms with van der Waals surface area (Å²) >= 11 is 0. The van der Waals surface area contributed by atoms with E-state index >= 15 is 0 Å². The highest BCUT2D eigenvalue weighted by atomic mass is 15.2. The maximum Gasteiger partial charge on any atom is 0.0523 e. The summed E-state index contributed by atoms with van der Waals surface area (Å²) in [5.41, 5.74) is 8.72. The largest absolute Gasteiger partial charge is 0.350 e. The van der Waals surface area contributed by atoms with Gasteiger partial charge in [-0.25, -0.2) is 0 Å². The van der Waals surface area contributed by atoms with Crippen LogP contribution in [0.2, 0.25) is 0 Å². The van der Waals surface area contributed by atoms with Crippen LogP contribution in [0.4, 0.5) is 0 Å². The van der Waals surface area contributed by atoms with Crippen LogP contribution >= 0.6 is 0 Å². The molecule has 0 unspecified atom stereocenters. The van der Waals surface area contributed by atoms with E-state index in [9.17, 15) is 0 Å². The van der Waals surface area contributed by atoms with Crippen molar-refractivity contribution >= 4 is 10.9 Å². The average molecular weight is 229 g/mol. The van der Waals surface area contributed by atoms with Crippen LogP contribution in [0.15, 0.2) is 30.5 Å². The standard InChI is InChI=1S/C14H19N3/c1-16-7-5-11-3-2-4-12(14(11)16)9-17-8-6-13(15)10-17/h2-5,7,13H,6,8-10,15H2,1H3/t13-/m1/s1. The first-order valence-electron chi connectivity index (χ1n) is 6.25. The molecule has 1 saturated heterocycles. The summed E-state index contributed by atoms with van der Waals surface area (Å²) in [5.74, 6) is 0. The second kappa shape index (κ2) is 4.17. The molecular weight excluding hydrogens is 210 g/mol. The first-order chi connectivity index (χ1) is 8.24. The van der Waals surface area contributed by atoms with Gasteiger partial charge in [-0.3, -0.25) is 4.90 Å². The van der Waals surface area contributed by atoms with Crippen molar-refractivity contribution in [2.45, 2.75) is 19.0 Å². The summed E-state index contributed by atoms with van der Waals surface area (Å²) < 4.78 is 2.21. The number of nitrogens with two attached hydrogens (primary N) is 1. The molecule has 1 aromatic carbocycles. The van der Waals surface area contributed by atoms with E-state index in [4.69, 9.17) is 5.73 Å². The van der Waals surface area contributed by atoms with Crippen molar-refractivity contribution in [2.24, 2.45) is 12.8 Å². The van der Waals surface area contributed by atoms with Gasteiger partial charge < -0.3 is 10.3 Å². The van der Waals surface area contributed by atoms with Gasteiger partial charge in [0.1, 0.15) is 0 Å². The lowest BCUT2D eigenvalue weighted by Crippen LogP contribution is -2.26. The molecular formula is C14H19N3. The number of fused-ring (bicyclic) bond motifs is 1. The Balaban J connectivity index is 1.92. The van der Waals surface area contributed by atoms with Crippen molar-refractivity contribution in [3.05, 3.63) is 36.0 Å². The highest BCUT2D eigenvalue weighted by Gasteiger charge is 2.19. The van der Waals surface area contributed by atoms with Crippen molar-refractivity contribution in [3.8, 4) is 0 Å². The van der Waals surface area contributed by atoms with E-state index in [1.807, 2.05) is 0 Å². The molecule has 0 bridgehead atoms. The van der Waals surface area contributed by atoms with E-state index in [2.05, 4.69) is 47.0 Å². The van der Waals surface area contributed by atoms with Gasteiger partial charge in [-0.2, -0.15) is 0 Å². The molecule has 0 spiro atoms. The van der Waals surface area contributed by atoms with Crippen molar-refractivity contribution in [1.82, 2.24) is 9.47 Å². The Morgan fingerprint density at radius 2 is 2.24 bits per heavy atom. The highest BCUT2D eigenvalue weighted by Crippen LogP contribution is 2.22. The first-order valence-corrected chi connectivity index (χ1v) is 6.25. The SMILES string of the molecule is Cn1ccc2cccc(CN3CC[C@@H](N)C3)c21. The number of likely N-dealkylation sites (tertiary alicyclic amines) is 1. The Hall–Kier alpha value is -1.32. The molecule has 3 nitrogen and oxygen atoms in total. The number of aromatic nitrogens is 1. The van der Waals surface area contributed by atoms with Gasteiger partial charge in [-0.1, -0.05) is 18.2 Å². The summed E-state index contributed by atoms with van der Waals surface area (Å²) in [7, 11) is 2.11. The van der Waals surface area contributed by atoms with Gasteiger partial charge in [-0.15, -0.1) is 0 Å². The molecule has 0 amide bonds. The number of benzene rings is 1. The topological polar surface area (TPSA) is 34.2 Å². The Kier molecular flexibility index (Phi) is 2.65. The first kappa shape index (κ1) is 10.8. The van der Waals surface area contributed by atoms with Crippen LogP contribution in [0.5, 0.6) is 0 Å². The van der Waals surface area contributed by atoms with Gasteiger partial charge in [0.15, 0.2) is 0 Å². The zero-order valence-electron chi connectivity index (χ0n) is 10.3. The van der Waals surface area contributed by atoms with Crippen molar-refractivity contribution in [1.29, 1.82) is 0 Å². The number of aryl methyl sites for hydroxylation is 1. The maximum absolute atomic E-state index is 5.95. The predicted molar refractivity (Wildman–Crippen MR) is 70.8 cm³/mol. The maximum atomic E-state index is 5.95. The highest BCUT2D eigenvalue weighted by molar-refractivity contribution is 5.83. The zero-order valence-corrected chi connectivity index (χ0v) is 10.3. The second-order valence-electron chi connectivity index (χ2n) is 5.07. The molecule has 1 aliphatic rings. The minimum absolute atomic E-state index is 0.364. The van der Waals surface area contributed by atoms with Crippen LogP contribution < -0.4 is 5.73 Å². The molecule has 2 heterocycles. The van der Waals surface area contributed by atoms with Crippen LogP contribution in [-0.4, -0.2) is 28.6 Å². The molecule has 17 heavy (non-hydrogen) atoms. The third-order valence-electron chi connectivity index (χ3n) is 3.68. The quantitative estimate of drug-likeness (QED) is 0.850. The van der Waals surface area contributed by atoms with Gasteiger partial charge in [0.2, 0.25) is 0 Å². The minimum atomic E-state index is 0.364. The van der Waals surface area contributed by atoms with Gasteiger partial charge >= 0.3 is 0 Å². The Morgan fingerprint density at radius 3 is 3.00 bits per heavy atom. The molecule has 2 aromatic rings. The average Bonchev–Trinajstić information content (AvgIpc) is 2.87. The minimum Gasteiger partial charge on any atom is -0.350 e. The molecule has 3 heteroatoms. The van der Waals surface area contributed by atoms with Crippen molar-refractivity contribution in [3.63, 3.8) is 0 Å². The Labute approximate surface area is 102 Å². The third kappa shape index (κ3) is 1.96. The lowest BCUT2D eigenvalue weighted by Gasteiger charge is -2.16. The zero-order chi connectivity index (χ0) is 11.8. The van der Waals surface area contributed by atoms with Crippen molar-refractivity contribution < 1.29 is 0 Å². The fraction of sp³-hybridized carbons (Fsp3) is 0.429. The summed E-state index contributed by atoms with van der Waals surface area (Å²) in [5, 5.41) is 1.33. The third-order valence-corrected chi connectivity index (χ3v) is 3.68. The van der Waals surface area contributed by atoms with Gasteiger partial charge in [0.25, 0.3) is 0 Å². The monoisotopic (exact) mass is 229 g/mol. The number of hydrogen-bond acceptors (Lipinski definition) is 2. The fourth-order valence-corrected chi connectivity index (χ4v) is 2.82. The molecule has 3 rings (SSSR count). The van der Waals surface area contributed by atoms with E-state index in [1.165, 1.54) is 16.5 Å². The van der Waals surface area contributed by atoms with Crippen LogP contribution in [0.25, 0.3) is 10.9 Å². The van der Waals surface area contributed by atoms with E-state index in [0.29, 0.717) is 6.04 Å².